The largest absolute Gasteiger partial charge is 0.397 e. The van der Waals surface area contributed by atoms with E-state index in [1.165, 1.54) is 0 Å². The minimum atomic E-state index is -0.193. The second-order valence-electron chi connectivity index (χ2n) is 5.11. The normalized spacial score (nSPS) is 25.9. The molecule has 5 heteroatoms. The van der Waals surface area contributed by atoms with E-state index in [9.17, 15) is 9.90 Å². The molecule has 0 saturated heterocycles. The summed E-state index contributed by atoms with van der Waals surface area (Å²) in [5.74, 6) is 0.0530. The summed E-state index contributed by atoms with van der Waals surface area (Å²) in [5, 5.41) is 15.4. The third kappa shape index (κ3) is 2.01. The molecule has 1 aromatic carbocycles. The van der Waals surface area contributed by atoms with Crippen LogP contribution in [0.1, 0.15) is 24.8 Å². The van der Waals surface area contributed by atoms with Gasteiger partial charge in [-0.05, 0) is 37.0 Å². The van der Waals surface area contributed by atoms with Crippen molar-refractivity contribution in [1.29, 1.82) is 0 Å². The van der Waals surface area contributed by atoms with E-state index < -0.39 is 0 Å². The lowest BCUT2D eigenvalue weighted by Gasteiger charge is -2.33. The Labute approximate surface area is 105 Å². The highest BCUT2D eigenvalue weighted by Crippen LogP contribution is 2.33. The predicted octanol–water partition coefficient (Wildman–Crippen LogP) is 1.09. The summed E-state index contributed by atoms with van der Waals surface area (Å²) < 4.78 is 0. The molecule has 3 rings (SSSR count). The topological polar surface area (TPSA) is 87.4 Å². The van der Waals surface area contributed by atoms with E-state index in [1.807, 2.05) is 12.1 Å². The summed E-state index contributed by atoms with van der Waals surface area (Å²) in [6.07, 6.45) is 2.58. The molecular weight excluding hydrogens is 230 g/mol. The molecule has 0 radical (unpaired) electrons. The van der Waals surface area contributed by atoms with Gasteiger partial charge in [0.2, 0.25) is 5.91 Å². The maximum atomic E-state index is 11.4. The van der Waals surface area contributed by atoms with Gasteiger partial charge in [-0.1, -0.05) is 0 Å². The van der Waals surface area contributed by atoms with Crippen molar-refractivity contribution in [2.75, 3.05) is 16.4 Å². The number of hydrogen-bond donors (Lipinski definition) is 4. The molecule has 0 spiro atoms. The van der Waals surface area contributed by atoms with E-state index in [4.69, 9.17) is 5.73 Å². The molecule has 18 heavy (non-hydrogen) atoms. The van der Waals surface area contributed by atoms with Crippen molar-refractivity contribution in [3.8, 4) is 0 Å². The van der Waals surface area contributed by atoms with Crippen molar-refractivity contribution in [2.45, 2.75) is 37.8 Å². The number of aliphatic hydroxyl groups excluding tert-OH is 1. The number of nitrogens with two attached hydrogens (primary N) is 1. The van der Waals surface area contributed by atoms with Gasteiger partial charge >= 0.3 is 0 Å². The molecule has 1 amide bonds. The van der Waals surface area contributed by atoms with E-state index >= 15 is 0 Å². The standard InChI is InChI=1S/C13H17N3O2/c14-10-3-7-1-2-13(18)16-11(7)6-12(10)15-8-4-9(17)5-8/h3,6,8-9,15,17H,1-2,4-5,14H2,(H,16,18). The second kappa shape index (κ2) is 4.17. The molecule has 96 valence electrons. The van der Waals surface area contributed by atoms with E-state index in [2.05, 4.69) is 10.6 Å². The number of fused-ring (bicyclic) bond motifs is 1. The Morgan fingerprint density at radius 2 is 2.11 bits per heavy atom. The first-order valence-corrected chi connectivity index (χ1v) is 6.28. The minimum absolute atomic E-state index is 0.0530. The number of carbonyl (C=O) groups excluding carboxylic acids is 1. The number of anilines is 3. The van der Waals surface area contributed by atoms with Crippen LogP contribution in [-0.4, -0.2) is 23.2 Å². The summed E-state index contributed by atoms with van der Waals surface area (Å²) in [5.41, 5.74) is 9.48. The average molecular weight is 247 g/mol. The first-order chi connectivity index (χ1) is 8.61. The van der Waals surface area contributed by atoms with Crippen molar-refractivity contribution < 1.29 is 9.90 Å². The summed E-state index contributed by atoms with van der Waals surface area (Å²) in [6.45, 7) is 0. The number of nitrogen functional groups attached to an aromatic ring is 1. The Balaban J connectivity index is 1.82. The van der Waals surface area contributed by atoms with Gasteiger partial charge in [0.1, 0.15) is 0 Å². The Bertz CT molecular complexity index is 495. The Morgan fingerprint density at radius 1 is 1.33 bits per heavy atom. The van der Waals surface area contributed by atoms with Gasteiger partial charge in [-0.3, -0.25) is 4.79 Å². The maximum Gasteiger partial charge on any atom is 0.224 e. The van der Waals surface area contributed by atoms with Crippen LogP contribution in [0.25, 0.3) is 0 Å². The van der Waals surface area contributed by atoms with Crippen LogP contribution in [0.5, 0.6) is 0 Å². The van der Waals surface area contributed by atoms with Crippen LogP contribution < -0.4 is 16.4 Å². The van der Waals surface area contributed by atoms with Gasteiger partial charge in [-0.25, -0.2) is 0 Å². The summed E-state index contributed by atoms with van der Waals surface area (Å²) in [7, 11) is 0. The van der Waals surface area contributed by atoms with Gasteiger partial charge in [-0.15, -0.1) is 0 Å². The first-order valence-electron chi connectivity index (χ1n) is 6.28. The van der Waals surface area contributed by atoms with Gasteiger partial charge in [0.05, 0.1) is 17.5 Å². The third-order valence-corrected chi connectivity index (χ3v) is 3.64. The lowest BCUT2D eigenvalue weighted by atomic mass is 9.89. The molecule has 1 heterocycles. The molecule has 1 aliphatic carbocycles. The Kier molecular flexibility index (Phi) is 2.63. The molecule has 0 atom stereocenters. The SMILES string of the molecule is Nc1cc2c(cc1NC1CC(O)C1)NC(=O)CC2. The number of amides is 1. The Hall–Kier alpha value is -1.75. The van der Waals surface area contributed by atoms with Crippen LogP contribution in [0.3, 0.4) is 0 Å². The van der Waals surface area contributed by atoms with E-state index in [1.54, 1.807) is 0 Å². The van der Waals surface area contributed by atoms with Crippen LogP contribution in [-0.2, 0) is 11.2 Å². The molecule has 5 nitrogen and oxygen atoms in total. The fourth-order valence-electron chi connectivity index (χ4n) is 2.50. The van der Waals surface area contributed by atoms with Crippen LogP contribution in [0, 0.1) is 0 Å². The van der Waals surface area contributed by atoms with Gasteiger partial charge in [0, 0.05) is 18.2 Å². The molecule has 0 bridgehead atoms. The highest BCUT2D eigenvalue weighted by atomic mass is 16.3. The monoisotopic (exact) mass is 247 g/mol. The highest BCUT2D eigenvalue weighted by Gasteiger charge is 2.27. The lowest BCUT2D eigenvalue weighted by molar-refractivity contribution is -0.116. The van der Waals surface area contributed by atoms with Crippen molar-refractivity contribution in [3.63, 3.8) is 0 Å². The van der Waals surface area contributed by atoms with E-state index in [-0.39, 0.29) is 18.1 Å². The van der Waals surface area contributed by atoms with Crippen molar-refractivity contribution in [1.82, 2.24) is 0 Å². The number of rotatable bonds is 2. The van der Waals surface area contributed by atoms with Crippen LogP contribution >= 0.6 is 0 Å². The van der Waals surface area contributed by atoms with E-state index in [0.29, 0.717) is 12.1 Å². The number of nitrogens with one attached hydrogen (secondary N) is 2. The number of benzene rings is 1. The zero-order valence-electron chi connectivity index (χ0n) is 10.1. The molecule has 0 unspecified atom stereocenters. The molecular formula is C13H17N3O2. The number of aryl methyl sites for hydroxylation is 1. The van der Waals surface area contributed by atoms with Crippen LogP contribution in [0.15, 0.2) is 12.1 Å². The van der Waals surface area contributed by atoms with Crippen LogP contribution in [0.4, 0.5) is 17.1 Å². The summed E-state index contributed by atoms with van der Waals surface area (Å²) >= 11 is 0. The highest BCUT2D eigenvalue weighted by molar-refractivity contribution is 5.95. The molecule has 1 fully saturated rings. The van der Waals surface area contributed by atoms with Crippen molar-refractivity contribution in [2.24, 2.45) is 0 Å². The fraction of sp³-hybridized carbons (Fsp3) is 0.462. The van der Waals surface area contributed by atoms with Gasteiger partial charge < -0.3 is 21.5 Å². The maximum absolute atomic E-state index is 11.4. The molecule has 1 aliphatic heterocycles. The van der Waals surface area contributed by atoms with Gasteiger partial charge in [0.15, 0.2) is 0 Å². The second-order valence-corrected chi connectivity index (χ2v) is 5.11. The number of aliphatic hydroxyl groups is 1. The van der Waals surface area contributed by atoms with E-state index in [0.717, 1.165) is 36.2 Å². The fourth-order valence-corrected chi connectivity index (χ4v) is 2.50. The van der Waals surface area contributed by atoms with Crippen molar-refractivity contribution >= 4 is 23.0 Å². The minimum Gasteiger partial charge on any atom is -0.397 e. The molecule has 5 N–H and O–H groups in total. The smallest absolute Gasteiger partial charge is 0.224 e. The average Bonchev–Trinajstić information content (AvgIpc) is 2.28. The molecule has 2 aliphatic rings. The zero-order chi connectivity index (χ0) is 12.7. The third-order valence-electron chi connectivity index (χ3n) is 3.64. The zero-order valence-corrected chi connectivity index (χ0v) is 10.1. The summed E-state index contributed by atoms with van der Waals surface area (Å²) in [6, 6.07) is 4.10. The summed E-state index contributed by atoms with van der Waals surface area (Å²) in [4.78, 5) is 11.4. The van der Waals surface area contributed by atoms with Crippen molar-refractivity contribution in [3.05, 3.63) is 17.7 Å². The first kappa shape index (κ1) is 11.3. The number of carbonyl (C=O) groups is 1. The lowest BCUT2D eigenvalue weighted by Crippen LogP contribution is -2.39. The number of hydrogen-bond acceptors (Lipinski definition) is 4. The van der Waals surface area contributed by atoms with Gasteiger partial charge in [-0.2, -0.15) is 0 Å². The quantitative estimate of drug-likeness (QED) is 0.589. The van der Waals surface area contributed by atoms with Crippen LogP contribution in [0.2, 0.25) is 0 Å². The molecule has 1 aromatic rings. The Morgan fingerprint density at radius 3 is 2.83 bits per heavy atom. The molecule has 1 saturated carbocycles. The van der Waals surface area contributed by atoms with Gasteiger partial charge in [0.25, 0.3) is 0 Å². The predicted molar refractivity (Wildman–Crippen MR) is 70.5 cm³/mol. The molecule has 0 aromatic heterocycles.